The number of hydrogen-bond donors (Lipinski definition) is 4. The van der Waals surface area contributed by atoms with Crippen LogP contribution in [0.1, 0.15) is 50.5 Å². The summed E-state index contributed by atoms with van der Waals surface area (Å²) in [6, 6.07) is 24.5. The van der Waals surface area contributed by atoms with Crippen LogP contribution in [0.15, 0.2) is 95.2 Å². The molecule has 2 aliphatic heterocycles. The Morgan fingerprint density at radius 3 is 1.60 bits per heavy atom. The second-order valence-electron chi connectivity index (χ2n) is 11.4. The van der Waals surface area contributed by atoms with Gasteiger partial charge in [-0.25, -0.2) is 20.0 Å². The lowest BCUT2D eigenvalue weighted by Gasteiger charge is -2.08. The number of nitrogens with one attached hydrogen (secondary N) is 2. The van der Waals surface area contributed by atoms with Gasteiger partial charge in [-0.3, -0.25) is 9.59 Å². The average Bonchev–Trinajstić information content (AvgIpc) is 3.78. The number of carbonyl (C=O) groups excluding carboxylic acids is 2. The summed E-state index contributed by atoms with van der Waals surface area (Å²) in [4.78, 5) is 40.8. The highest BCUT2D eigenvalue weighted by Gasteiger charge is 2.17. The van der Waals surface area contributed by atoms with Crippen molar-refractivity contribution in [3.05, 3.63) is 113 Å². The predicted molar refractivity (Wildman–Crippen MR) is 188 cm³/mol. The lowest BCUT2D eigenvalue weighted by Crippen LogP contribution is -2.13. The monoisotopic (exact) mass is 675 g/mol. The van der Waals surface area contributed by atoms with Gasteiger partial charge < -0.3 is 36.3 Å². The standard InChI is InChI=1S/C18H17N5O2.C18H20N4O3/c19-9-13-4-8-16(21-10-13)17(24)22-14-5-1-12(2-6-14)3-7-15-11-25-18(20)23-15;1-24-15-8-9-16(20-10-15)17(23)21-13-5-2-12(3-6-13)4-7-14-11-25-18(19)22-14/h1-2,4-6,8,10,15H,3,7,11H2,(H2,20,23)(H,22,24);2-3,5-6,8-10,14H,4,7,11H2,1H3,(H2,19,22)(H,21,23)/t15-;14-/m00/s1. The van der Waals surface area contributed by atoms with Crippen LogP contribution in [0, 0.1) is 11.3 Å². The van der Waals surface area contributed by atoms with Crippen LogP contribution < -0.4 is 26.8 Å². The molecule has 0 saturated heterocycles. The van der Waals surface area contributed by atoms with E-state index in [0.717, 1.165) is 36.9 Å². The molecule has 0 saturated carbocycles. The summed E-state index contributed by atoms with van der Waals surface area (Å²) in [6.07, 6.45) is 6.36. The van der Waals surface area contributed by atoms with Crippen LogP contribution in [0.4, 0.5) is 11.4 Å². The Hall–Kier alpha value is -6.49. The van der Waals surface area contributed by atoms with Crippen molar-refractivity contribution in [2.45, 2.75) is 37.8 Å². The molecule has 0 spiro atoms. The number of rotatable bonds is 11. The Bertz CT molecular complexity index is 1850. The Kier molecular flexibility index (Phi) is 11.9. The van der Waals surface area contributed by atoms with Gasteiger partial charge in [0.2, 0.25) is 0 Å². The molecule has 2 aliphatic rings. The van der Waals surface area contributed by atoms with Crippen molar-refractivity contribution < 1.29 is 23.8 Å². The number of pyridine rings is 2. The third-order valence-corrected chi connectivity index (χ3v) is 7.75. The van der Waals surface area contributed by atoms with E-state index in [4.69, 9.17) is 30.9 Å². The van der Waals surface area contributed by atoms with Crippen molar-refractivity contribution in [2.24, 2.45) is 21.5 Å². The molecule has 6 N–H and O–H groups in total. The molecule has 0 fully saturated rings. The predicted octanol–water partition coefficient (Wildman–Crippen LogP) is 3.84. The van der Waals surface area contributed by atoms with E-state index in [2.05, 4.69) is 30.6 Å². The third kappa shape index (κ3) is 10.3. The molecule has 6 rings (SSSR count). The molecule has 2 aromatic heterocycles. The van der Waals surface area contributed by atoms with Gasteiger partial charge in [-0.1, -0.05) is 24.3 Å². The molecule has 2 amide bonds. The molecule has 4 heterocycles. The number of benzene rings is 2. The van der Waals surface area contributed by atoms with Gasteiger partial charge in [0.25, 0.3) is 23.9 Å². The largest absolute Gasteiger partial charge is 0.495 e. The van der Waals surface area contributed by atoms with Gasteiger partial charge in [-0.05, 0) is 85.3 Å². The van der Waals surface area contributed by atoms with Crippen LogP contribution in [0.5, 0.6) is 5.75 Å². The van der Waals surface area contributed by atoms with Gasteiger partial charge in [-0.2, -0.15) is 5.26 Å². The van der Waals surface area contributed by atoms with Crippen LogP contribution in [-0.4, -0.2) is 66.2 Å². The van der Waals surface area contributed by atoms with Crippen molar-refractivity contribution in [3.8, 4) is 11.8 Å². The SMILES string of the molecule is COc1ccc(C(=O)Nc2ccc(CC[C@H]3COC(N)=N3)cc2)nc1.N#Cc1ccc(C(=O)Nc2ccc(CC[C@H]3COC(N)=N3)cc2)nc1. The number of ether oxygens (including phenoxy) is 3. The highest BCUT2D eigenvalue weighted by molar-refractivity contribution is 6.03. The van der Waals surface area contributed by atoms with Gasteiger partial charge in [-0.15, -0.1) is 0 Å². The van der Waals surface area contributed by atoms with Crippen molar-refractivity contribution in [1.29, 1.82) is 5.26 Å². The summed E-state index contributed by atoms with van der Waals surface area (Å²) in [5.41, 5.74) is 15.7. The van der Waals surface area contributed by atoms with Crippen LogP contribution >= 0.6 is 0 Å². The second kappa shape index (κ2) is 17.1. The second-order valence-corrected chi connectivity index (χ2v) is 11.4. The number of nitriles is 1. The van der Waals surface area contributed by atoms with E-state index in [0.29, 0.717) is 35.9 Å². The van der Waals surface area contributed by atoms with Crippen LogP contribution in [-0.2, 0) is 22.3 Å². The van der Waals surface area contributed by atoms with Gasteiger partial charge in [0, 0.05) is 17.6 Å². The number of nitrogens with zero attached hydrogens (tertiary/aromatic N) is 5. The quantitative estimate of drug-likeness (QED) is 0.180. The van der Waals surface area contributed by atoms with E-state index in [1.165, 1.54) is 24.0 Å². The first-order chi connectivity index (χ1) is 24.3. The Balaban J connectivity index is 0.000000194. The first kappa shape index (κ1) is 34.8. The number of amidine groups is 2. The van der Waals surface area contributed by atoms with Gasteiger partial charge in [0.15, 0.2) is 0 Å². The molecule has 2 atom stereocenters. The van der Waals surface area contributed by atoms with Crippen molar-refractivity contribution in [3.63, 3.8) is 0 Å². The number of aliphatic imine (C=N–C) groups is 2. The molecule has 256 valence electrons. The van der Waals surface area contributed by atoms with Crippen LogP contribution in [0.2, 0.25) is 0 Å². The van der Waals surface area contributed by atoms with Crippen molar-refractivity contribution in [1.82, 2.24) is 9.97 Å². The fourth-order valence-corrected chi connectivity index (χ4v) is 4.96. The van der Waals surface area contributed by atoms with Gasteiger partial charge >= 0.3 is 0 Å². The zero-order chi connectivity index (χ0) is 35.3. The molecule has 50 heavy (non-hydrogen) atoms. The van der Waals surface area contributed by atoms with E-state index in [-0.39, 0.29) is 41.6 Å². The molecular formula is C36H37N9O5. The minimum atomic E-state index is -0.315. The summed E-state index contributed by atoms with van der Waals surface area (Å²) in [7, 11) is 1.55. The van der Waals surface area contributed by atoms with E-state index < -0.39 is 0 Å². The van der Waals surface area contributed by atoms with Gasteiger partial charge in [0.05, 0.1) is 31.0 Å². The summed E-state index contributed by atoms with van der Waals surface area (Å²) in [5.74, 6) is 0.0353. The topological polar surface area (TPSA) is 212 Å². The van der Waals surface area contributed by atoms with E-state index >= 15 is 0 Å². The van der Waals surface area contributed by atoms with E-state index in [1.807, 2.05) is 54.6 Å². The zero-order valence-corrected chi connectivity index (χ0v) is 27.4. The Morgan fingerprint density at radius 2 is 1.24 bits per heavy atom. The molecule has 14 heteroatoms. The van der Waals surface area contributed by atoms with Crippen LogP contribution in [0.25, 0.3) is 0 Å². The number of nitrogens with two attached hydrogens (primary N) is 2. The van der Waals surface area contributed by atoms with Crippen molar-refractivity contribution >= 4 is 35.2 Å². The summed E-state index contributed by atoms with van der Waals surface area (Å²) < 4.78 is 15.3. The van der Waals surface area contributed by atoms with E-state index in [1.54, 1.807) is 25.3 Å². The number of aromatic nitrogens is 2. The molecule has 0 aliphatic carbocycles. The highest BCUT2D eigenvalue weighted by Crippen LogP contribution is 2.17. The smallest absolute Gasteiger partial charge is 0.282 e. The highest BCUT2D eigenvalue weighted by atomic mass is 16.5. The molecule has 2 aromatic carbocycles. The normalized spacial score (nSPS) is 15.9. The fourth-order valence-electron chi connectivity index (χ4n) is 4.96. The third-order valence-electron chi connectivity index (χ3n) is 7.75. The molecule has 4 aromatic rings. The number of carbonyl (C=O) groups is 2. The Labute approximate surface area is 289 Å². The van der Waals surface area contributed by atoms with Crippen LogP contribution in [0.3, 0.4) is 0 Å². The number of hydrogen-bond acceptors (Lipinski definition) is 12. The van der Waals surface area contributed by atoms with Gasteiger partial charge in [0.1, 0.15) is 36.4 Å². The maximum Gasteiger partial charge on any atom is 0.282 e. The minimum absolute atomic E-state index is 0.113. The number of amides is 2. The number of anilines is 2. The Morgan fingerprint density at radius 1 is 0.760 bits per heavy atom. The molecule has 0 radical (unpaired) electrons. The first-order valence-corrected chi connectivity index (χ1v) is 15.9. The molecule has 0 bridgehead atoms. The summed E-state index contributed by atoms with van der Waals surface area (Å²) in [5, 5.41) is 14.4. The zero-order valence-electron chi connectivity index (χ0n) is 27.4. The fraction of sp³-hybridized carbons (Fsp3) is 0.250. The molecular weight excluding hydrogens is 638 g/mol. The minimum Gasteiger partial charge on any atom is -0.495 e. The average molecular weight is 676 g/mol. The maximum atomic E-state index is 12.2. The lowest BCUT2D eigenvalue weighted by molar-refractivity contribution is 0.101. The molecule has 14 nitrogen and oxygen atoms in total. The molecule has 0 unspecified atom stereocenters. The maximum absolute atomic E-state index is 12.2. The number of methoxy groups -OCH3 is 1. The van der Waals surface area contributed by atoms with E-state index in [9.17, 15) is 9.59 Å². The summed E-state index contributed by atoms with van der Waals surface area (Å²) >= 11 is 0. The first-order valence-electron chi connectivity index (χ1n) is 15.9. The summed E-state index contributed by atoms with van der Waals surface area (Å²) in [6.45, 7) is 1.09. The van der Waals surface area contributed by atoms with Crippen molar-refractivity contribution in [2.75, 3.05) is 31.0 Å². The number of aryl methyl sites for hydroxylation is 2. The lowest BCUT2D eigenvalue weighted by atomic mass is 10.1.